The van der Waals surface area contributed by atoms with Crippen molar-refractivity contribution >= 4 is 0 Å². The lowest BCUT2D eigenvalue weighted by atomic mass is 10.1. The summed E-state index contributed by atoms with van der Waals surface area (Å²) >= 11 is 0. The van der Waals surface area contributed by atoms with E-state index in [4.69, 9.17) is 0 Å². The second-order valence-corrected chi connectivity index (χ2v) is 4.48. The molecule has 0 bridgehead atoms. The largest absolute Gasteiger partial charge is 0.311 e. The lowest BCUT2D eigenvalue weighted by Gasteiger charge is -2.09. The fourth-order valence-corrected chi connectivity index (χ4v) is 1.52. The van der Waals surface area contributed by atoms with Gasteiger partial charge in [-0.25, -0.2) is 0 Å². The van der Waals surface area contributed by atoms with Crippen molar-refractivity contribution in [2.45, 2.75) is 65.9 Å². The van der Waals surface area contributed by atoms with Crippen LogP contribution in [0.3, 0.4) is 0 Å². The van der Waals surface area contributed by atoms with Crippen LogP contribution in [0.1, 0.15) is 59.8 Å². The van der Waals surface area contributed by atoms with Crippen LogP contribution >= 0.6 is 0 Å². The standard InChI is InChI=1S/2C6H13NO3/c1-3-4-6(2)5-9-10-7-8;1-3-5-6(4-2)10-7(8)9/h2*6H,3-5H2,1-2H3. The first kappa shape index (κ1) is 20.9. The van der Waals surface area contributed by atoms with E-state index in [0.29, 0.717) is 18.9 Å². The van der Waals surface area contributed by atoms with Crippen LogP contribution in [0, 0.1) is 20.9 Å². The molecule has 0 aliphatic rings. The monoisotopic (exact) mass is 294 g/mol. The summed E-state index contributed by atoms with van der Waals surface area (Å²) in [6.45, 7) is 8.41. The molecule has 0 aromatic carbocycles. The van der Waals surface area contributed by atoms with Gasteiger partial charge in [-0.1, -0.05) is 40.5 Å². The van der Waals surface area contributed by atoms with Crippen LogP contribution in [0.4, 0.5) is 0 Å². The van der Waals surface area contributed by atoms with Crippen LogP contribution in [-0.4, -0.2) is 17.8 Å². The van der Waals surface area contributed by atoms with E-state index >= 15 is 0 Å². The molecule has 0 saturated heterocycles. The lowest BCUT2D eigenvalue weighted by molar-refractivity contribution is -0.768. The van der Waals surface area contributed by atoms with Gasteiger partial charge in [-0.2, -0.15) is 9.88 Å². The Morgan fingerprint density at radius 1 is 1.20 bits per heavy atom. The van der Waals surface area contributed by atoms with Gasteiger partial charge in [-0.3, -0.25) is 0 Å². The third kappa shape index (κ3) is 16.6. The Bertz CT molecular complexity index is 240. The first-order valence-electron chi connectivity index (χ1n) is 6.94. The molecule has 0 rings (SSSR count). The fourth-order valence-electron chi connectivity index (χ4n) is 1.52. The van der Waals surface area contributed by atoms with Crippen molar-refractivity contribution in [2.75, 3.05) is 6.61 Å². The van der Waals surface area contributed by atoms with Crippen molar-refractivity contribution < 1.29 is 19.8 Å². The van der Waals surface area contributed by atoms with Gasteiger partial charge in [0.1, 0.15) is 6.10 Å². The van der Waals surface area contributed by atoms with Gasteiger partial charge >= 0.3 is 0 Å². The van der Waals surface area contributed by atoms with Gasteiger partial charge in [0.05, 0.1) is 6.61 Å². The maximum absolute atomic E-state index is 9.83. The first-order valence-corrected chi connectivity index (χ1v) is 6.94. The minimum atomic E-state index is -0.718. The van der Waals surface area contributed by atoms with Crippen molar-refractivity contribution in [2.24, 2.45) is 11.3 Å². The second-order valence-electron chi connectivity index (χ2n) is 4.48. The molecule has 0 saturated carbocycles. The van der Waals surface area contributed by atoms with Crippen molar-refractivity contribution in [1.82, 2.24) is 0 Å². The molecule has 8 heteroatoms. The maximum Gasteiger partial charge on any atom is 0.294 e. The van der Waals surface area contributed by atoms with E-state index in [2.05, 4.69) is 27.0 Å². The molecule has 20 heavy (non-hydrogen) atoms. The van der Waals surface area contributed by atoms with E-state index in [0.717, 1.165) is 25.7 Å². The molecule has 0 fully saturated rings. The van der Waals surface area contributed by atoms with Gasteiger partial charge in [0.2, 0.25) is 0 Å². The summed E-state index contributed by atoms with van der Waals surface area (Å²) in [6, 6.07) is 0. The molecule has 0 aromatic heterocycles. The van der Waals surface area contributed by atoms with Crippen LogP contribution in [-0.2, 0) is 14.7 Å². The van der Waals surface area contributed by atoms with Gasteiger partial charge < -0.3 is 4.84 Å². The molecular weight excluding hydrogens is 268 g/mol. The van der Waals surface area contributed by atoms with Gasteiger partial charge in [-0.15, -0.1) is 15.0 Å². The summed E-state index contributed by atoms with van der Waals surface area (Å²) in [6.07, 6.45) is 4.36. The number of nitrogens with zero attached hydrogens (tertiary/aromatic N) is 2. The third-order valence-electron chi connectivity index (χ3n) is 2.52. The molecule has 120 valence electrons. The van der Waals surface area contributed by atoms with Crippen molar-refractivity contribution in [3.63, 3.8) is 0 Å². The molecule has 8 nitrogen and oxygen atoms in total. The predicted octanol–water partition coefficient (Wildman–Crippen LogP) is 3.83. The van der Waals surface area contributed by atoms with Crippen LogP contribution in [0.15, 0.2) is 5.34 Å². The van der Waals surface area contributed by atoms with E-state index in [1.165, 1.54) is 0 Å². The molecule has 0 amide bonds. The van der Waals surface area contributed by atoms with Crippen molar-refractivity contribution in [3.05, 3.63) is 15.0 Å². The minimum absolute atomic E-state index is 0.208. The van der Waals surface area contributed by atoms with Crippen LogP contribution in [0.2, 0.25) is 0 Å². The summed E-state index contributed by atoms with van der Waals surface area (Å²) in [7, 11) is 0. The van der Waals surface area contributed by atoms with Crippen molar-refractivity contribution in [3.8, 4) is 0 Å². The highest BCUT2D eigenvalue weighted by molar-refractivity contribution is 4.50. The Kier molecular flexibility index (Phi) is 16.3. The van der Waals surface area contributed by atoms with E-state index in [9.17, 15) is 15.0 Å². The molecule has 0 N–H and O–H groups in total. The molecule has 2 atom stereocenters. The molecule has 0 aliphatic heterocycles. The average molecular weight is 294 g/mol. The quantitative estimate of drug-likeness (QED) is 0.189. The zero-order chi connectivity index (χ0) is 15.8. The van der Waals surface area contributed by atoms with Crippen LogP contribution in [0.25, 0.3) is 0 Å². The zero-order valence-electron chi connectivity index (χ0n) is 12.7. The van der Waals surface area contributed by atoms with E-state index in [-0.39, 0.29) is 6.10 Å². The van der Waals surface area contributed by atoms with E-state index in [1.54, 1.807) is 0 Å². The SMILES string of the molecule is CCCC(C)COON=O.CCCC(CC)O[N+](=O)[O-]. The first-order chi connectivity index (χ1) is 9.51. The fraction of sp³-hybridized carbons (Fsp3) is 1.00. The number of hydrogen-bond donors (Lipinski definition) is 0. The topological polar surface area (TPSA) is 100 Å². The third-order valence-corrected chi connectivity index (χ3v) is 2.52. The number of hydrogen-bond acceptors (Lipinski definition) is 7. The predicted molar refractivity (Wildman–Crippen MR) is 74.0 cm³/mol. The second kappa shape index (κ2) is 15.6. The van der Waals surface area contributed by atoms with Gasteiger partial charge in [0.15, 0.2) is 5.34 Å². The lowest BCUT2D eigenvalue weighted by Crippen LogP contribution is -2.15. The van der Waals surface area contributed by atoms with Gasteiger partial charge in [0.25, 0.3) is 5.09 Å². The molecule has 0 aliphatic carbocycles. The van der Waals surface area contributed by atoms with E-state index < -0.39 is 5.09 Å². The van der Waals surface area contributed by atoms with Gasteiger partial charge in [-0.05, 0) is 25.2 Å². The normalized spacial score (nSPS) is 12.6. The highest BCUT2D eigenvalue weighted by atomic mass is 17.3. The molecule has 0 radical (unpaired) electrons. The van der Waals surface area contributed by atoms with Crippen LogP contribution in [0.5, 0.6) is 0 Å². The number of rotatable bonds is 11. The minimum Gasteiger partial charge on any atom is -0.311 e. The Hall–Kier alpha value is -1.44. The molecule has 2 unspecified atom stereocenters. The smallest absolute Gasteiger partial charge is 0.294 e. The molecule has 0 spiro atoms. The molecule has 0 aromatic rings. The summed E-state index contributed by atoms with van der Waals surface area (Å²) in [5.74, 6) is 0.423. The summed E-state index contributed by atoms with van der Waals surface area (Å²) in [5, 5.41) is 11.2. The average Bonchev–Trinajstić information content (AvgIpc) is 2.39. The highest BCUT2D eigenvalue weighted by Gasteiger charge is 2.08. The summed E-state index contributed by atoms with van der Waals surface area (Å²) in [4.78, 5) is 31.8. The maximum atomic E-state index is 9.83. The Morgan fingerprint density at radius 2 is 1.80 bits per heavy atom. The summed E-state index contributed by atoms with van der Waals surface area (Å²) < 4.78 is 0. The molecular formula is C12H26N2O6. The Balaban J connectivity index is 0. The van der Waals surface area contributed by atoms with Crippen LogP contribution < -0.4 is 0 Å². The van der Waals surface area contributed by atoms with E-state index in [1.807, 2.05) is 20.8 Å². The highest BCUT2D eigenvalue weighted by Crippen LogP contribution is 2.05. The summed E-state index contributed by atoms with van der Waals surface area (Å²) in [5.41, 5.74) is 0. The van der Waals surface area contributed by atoms with Crippen molar-refractivity contribution in [1.29, 1.82) is 0 Å². The Labute approximate surface area is 119 Å². The molecule has 0 heterocycles. The Morgan fingerprint density at radius 3 is 2.20 bits per heavy atom. The zero-order valence-corrected chi connectivity index (χ0v) is 12.7. The van der Waals surface area contributed by atoms with Gasteiger partial charge in [0, 0.05) is 0 Å².